The fourth-order valence-electron chi connectivity index (χ4n) is 1.10. The van der Waals surface area contributed by atoms with Gasteiger partial charge in [0, 0.05) is 12.7 Å². The van der Waals surface area contributed by atoms with Crippen LogP contribution in [0.4, 0.5) is 0 Å². The highest BCUT2D eigenvalue weighted by atomic mass is 35.5. The van der Waals surface area contributed by atoms with Gasteiger partial charge in [0.05, 0.1) is 10.7 Å². The molecule has 0 aliphatic heterocycles. The molecule has 14 heavy (non-hydrogen) atoms. The molecular weight excluding hydrogens is 196 g/mol. The van der Waals surface area contributed by atoms with Crippen molar-refractivity contribution in [1.29, 1.82) is 0 Å². The monoisotopic (exact) mass is 212 g/mol. The minimum atomic E-state index is 0.690. The van der Waals surface area contributed by atoms with Crippen molar-refractivity contribution in [3.05, 3.63) is 29.0 Å². The first-order valence-corrected chi connectivity index (χ1v) is 5.41. The zero-order valence-electron chi connectivity index (χ0n) is 8.76. The molecule has 1 atom stereocenters. The van der Waals surface area contributed by atoms with Crippen LogP contribution in [0.25, 0.3) is 0 Å². The molecule has 0 aromatic carbocycles. The van der Waals surface area contributed by atoms with Crippen LogP contribution >= 0.6 is 11.6 Å². The maximum Gasteiger partial charge on any atom is 0.0589 e. The molecule has 0 fully saturated rings. The third-order valence-electron chi connectivity index (χ3n) is 2.28. The van der Waals surface area contributed by atoms with Crippen molar-refractivity contribution in [1.82, 2.24) is 10.3 Å². The Kier molecular flexibility index (Phi) is 4.91. The van der Waals surface area contributed by atoms with E-state index in [1.165, 1.54) is 6.42 Å². The Morgan fingerprint density at radius 2 is 2.29 bits per heavy atom. The number of halogens is 1. The highest BCUT2D eigenvalue weighted by Crippen LogP contribution is 2.06. The first-order valence-electron chi connectivity index (χ1n) is 5.03. The molecular formula is C11H17ClN2. The van der Waals surface area contributed by atoms with Crippen LogP contribution in [0.5, 0.6) is 0 Å². The molecule has 0 saturated heterocycles. The van der Waals surface area contributed by atoms with E-state index in [4.69, 9.17) is 11.6 Å². The highest BCUT2D eigenvalue weighted by molar-refractivity contribution is 6.30. The molecule has 1 rings (SSSR count). The summed E-state index contributed by atoms with van der Waals surface area (Å²) in [5.41, 5.74) is 1.04. The summed E-state index contributed by atoms with van der Waals surface area (Å²) in [4.78, 5) is 4.21. The molecule has 1 aromatic rings. The van der Waals surface area contributed by atoms with E-state index in [2.05, 4.69) is 24.1 Å². The summed E-state index contributed by atoms with van der Waals surface area (Å²) >= 11 is 5.74. The smallest absolute Gasteiger partial charge is 0.0589 e. The second-order valence-electron chi connectivity index (χ2n) is 3.61. The molecule has 1 N–H and O–H groups in total. The van der Waals surface area contributed by atoms with Crippen molar-refractivity contribution >= 4 is 11.6 Å². The van der Waals surface area contributed by atoms with Crippen LogP contribution in [-0.4, -0.2) is 11.5 Å². The molecule has 0 spiro atoms. The third-order valence-corrected chi connectivity index (χ3v) is 2.51. The molecule has 3 heteroatoms. The standard InChI is InChI=1S/C11H17ClN2/c1-3-9(2)6-13-8-11-5-4-10(12)7-14-11/h4-5,7,9,13H,3,6,8H2,1-2H3. The molecule has 1 heterocycles. The van der Waals surface area contributed by atoms with Crippen molar-refractivity contribution in [3.63, 3.8) is 0 Å². The van der Waals surface area contributed by atoms with Gasteiger partial charge < -0.3 is 5.32 Å². The summed E-state index contributed by atoms with van der Waals surface area (Å²) in [6.45, 7) is 6.30. The van der Waals surface area contributed by atoms with E-state index < -0.39 is 0 Å². The molecule has 78 valence electrons. The number of hydrogen-bond donors (Lipinski definition) is 1. The fourth-order valence-corrected chi connectivity index (χ4v) is 1.21. The highest BCUT2D eigenvalue weighted by Gasteiger charge is 1.98. The lowest BCUT2D eigenvalue weighted by atomic mass is 10.1. The number of nitrogens with one attached hydrogen (secondary N) is 1. The molecule has 0 bridgehead atoms. The number of nitrogens with zero attached hydrogens (tertiary/aromatic N) is 1. The summed E-state index contributed by atoms with van der Waals surface area (Å²) in [7, 11) is 0. The zero-order chi connectivity index (χ0) is 10.4. The normalized spacial score (nSPS) is 12.8. The Labute approximate surface area is 90.7 Å². The Morgan fingerprint density at radius 1 is 1.50 bits per heavy atom. The summed E-state index contributed by atoms with van der Waals surface area (Å²) < 4.78 is 0. The fraction of sp³-hybridized carbons (Fsp3) is 0.545. The predicted octanol–water partition coefficient (Wildman–Crippen LogP) is 2.87. The van der Waals surface area contributed by atoms with E-state index in [-0.39, 0.29) is 0 Å². The van der Waals surface area contributed by atoms with E-state index in [9.17, 15) is 0 Å². The van der Waals surface area contributed by atoms with Crippen LogP contribution in [-0.2, 0) is 6.54 Å². The number of pyridine rings is 1. The van der Waals surface area contributed by atoms with E-state index in [0.717, 1.165) is 24.7 Å². The molecule has 0 radical (unpaired) electrons. The van der Waals surface area contributed by atoms with Gasteiger partial charge >= 0.3 is 0 Å². The topological polar surface area (TPSA) is 24.9 Å². The van der Waals surface area contributed by atoms with Crippen molar-refractivity contribution in [2.75, 3.05) is 6.54 Å². The summed E-state index contributed by atoms with van der Waals surface area (Å²) in [5, 5.41) is 4.06. The molecule has 0 aliphatic rings. The lowest BCUT2D eigenvalue weighted by molar-refractivity contribution is 0.497. The Morgan fingerprint density at radius 3 is 2.86 bits per heavy atom. The number of rotatable bonds is 5. The van der Waals surface area contributed by atoms with Gasteiger partial charge in [-0.05, 0) is 24.6 Å². The zero-order valence-corrected chi connectivity index (χ0v) is 9.51. The number of aromatic nitrogens is 1. The summed E-state index contributed by atoms with van der Waals surface area (Å²) in [6.07, 6.45) is 2.89. The van der Waals surface area contributed by atoms with Crippen LogP contribution < -0.4 is 5.32 Å². The van der Waals surface area contributed by atoms with E-state index in [1.54, 1.807) is 6.20 Å². The van der Waals surface area contributed by atoms with Crippen molar-refractivity contribution in [2.45, 2.75) is 26.8 Å². The molecule has 1 aromatic heterocycles. The van der Waals surface area contributed by atoms with Crippen molar-refractivity contribution in [3.8, 4) is 0 Å². The molecule has 0 aliphatic carbocycles. The van der Waals surface area contributed by atoms with Gasteiger partial charge in [-0.1, -0.05) is 31.9 Å². The molecule has 0 amide bonds. The van der Waals surface area contributed by atoms with Gasteiger partial charge in [-0.25, -0.2) is 0 Å². The average Bonchev–Trinajstić information content (AvgIpc) is 2.21. The molecule has 1 unspecified atom stereocenters. The maximum atomic E-state index is 5.74. The van der Waals surface area contributed by atoms with Crippen LogP contribution in [0.3, 0.4) is 0 Å². The van der Waals surface area contributed by atoms with Gasteiger partial charge in [0.25, 0.3) is 0 Å². The predicted molar refractivity (Wildman–Crippen MR) is 60.4 cm³/mol. The van der Waals surface area contributed by atoms with E-state index in [0.29, 0.717) is 5.02 Å². The van der Waals surface area contributed by atoms with Gasteiger partial charge in [0.15, 0.2) is 0 Å². The first kappa shape index (κ1) is 11.5. The van der Waals surface area contributed by atoms with E-state index >= 15 is 0 Å². The van der Waals surface area contributed by atoms with Gasteiger partial charge in [-0.15, -0.1) is 0 Å². The molecule has 0 saturated carbocycles. The summed E-state index contributed by atoms with van der Waals surface area (Å²) in [6, 6.07) is 3.82. The van der Waals surface area contributed by atoms with Crippen LogP contribution in [0.1, 0.15) is 26.0 Å². The third kappa shape index (κ3) is 4.07. The Balaban J connectivity index is 2.28. The Hall–Kier alpha value is -0.600. The lowest BCUT2D eigenvalue weighted by Crippen LogP contribution is -2.20. The summed E-state index contributed by atoms with van der Waals surface area (Å²) in [5.74, 6) is 0.724. The quantitative estimate of drug-likeness (QED) is 0.812. The largest absolute Gasteiger partial charge is 0.311 e. The van der Waals surface area contributed by atoms with Crippen LogP contribution in [0.15, 0.2) is 18.3 Å². The second-order valence-corrected chi connectivity index (χ2v) is 4.05. The van der Waals surface area contributed by atoms with Crippen molar-refractivity contribution < 1.29 is 0 Å². The maximum absolute atomic E-state index is 5.74. The number of hydrogen-bond acceptors (Lipinski definition) is 2. The Bertz CT molecular complexity index is 258. The van der Waals surface area contributed by atoms with Crippen LogP contribution in [0, 0.1) is 5.92 Å². The van der Waals surface area contributed by atoms with Gasteiger partial charge in [-0.3, -0.25) is 4.98 Å². The van der Waals surface area contributed by atoms with Crippen molar-refractivity contribution in [2.24, 2.45) is 5.92 Å². The first-order chi connectivity index (χ1) is 6.72. The minimum absolute atomic E-state index is 0.690. The van der Waals surface area contributed by atoms with Crippen LogP contribution in [0.2, 0.25) is 5.02 Å². The van der Waals surface area contributed by atoms with Gasteiger partial charge in [0.2, 0.25) is 0 Å². The average molecular weight is 213 g/mol. The van der Waals surface area contributed by atoms with Gasteiger partial charge in [-0.2, -0.15) is 0 Å². The van der Waals surface area contributed by atoms with Gasteiger partial charge in [0.1, 0.15) is 0 Å². The molecule has 2 nitrogen and oxygen atoms in total. The minimum Gasteiger partial charge on any atom is -0.311 e. The second kappa shape index (κ2) is 5.99. The lowest BCUT2D eigenvalue weighted by Gasteiger charge is -2.09. The van der Waals surface area contributed by atoms with E-state index in [1.807, 2.05) is 12.1 Å². The SMILES string of the molecule is CCC(C)CNCc1ccc(Cl)cn1.